The molecule has 1 aromatic heterocycles. The topological polar surface area (TPSA) is 62.6 Å². The second kappa shape index (κ2) is 6.79. The van der Waals surface area contributed by atoms with E-state index in [4.69, 9.17) is 14.2 Å². The van der Waals surface area contributed by atoms with E-state index in [0.717, 1.165) is 35.2 Å². The van der Waals surface area contributed by atoms with Crippen molar-refractivity contribution < 1.29 is 19.0 Å². The Kier molecular flexibility index (Phi) is 4.32. The number of hydrogen-bond acceptors (Lipinski definition) is 5. The molecule has 0 fully saturated rings. The molecule has 6 nitrogen and oxygen atoms in total. The van der Waals surface area contributed by atoms with E-state index in [2.05, 4.69) is 17.2 Å². The summed E-state index contributed by atoms with van der Waals surface area (Å²) in [4.78, 5) is 12.4. The van der Waals surface area contributed by atoms with Crippen LogP contribution in [0.5, 0.6) is 11.5 Å². The maximum absolute atomic E-state index is 12.4. The van der Waals surface area contributed by atoms with Crippen molar-refractivity contribution >= 4 is 6.09 Å². The minimum absolute atomic E-state index is 0.522. The quantitative estimate of drug-likeness (QED) is 0.704. The molecule has 1 aliphatic rings. The Morgan fingerprint density at radius 1 is 1.00 bits per heavy atom. The summed E-state index contributed by atoms with van der Waals surface area (Å²) >= 11 is 0. The molecule has 0 amide bonds. The summed E-state index contributed by atoms with van der Waals surface area (Å²) in [6.07, 6.45) is 1.15. The molecule has 0 unspecified atom stereocenters. The van der Waals surface area contributed by atoms with Gasteiger partial charge >= 0.3 is 6.09 Å². The Bertz CT molecular complexity index is 1020. The highest BCUT2D eigenvalue weighted by atomic mass is 16.5. The number of hydrogen-bond donors (Lipinski definition) is 0. The van der Waals surface area contributed by atoms with Crippen molar-refractivity contribution in [2.75, 3.05) is 21.3 Å². The van der Waals surface area contributed by atoms with Crippen molar-refractivity contribution in [2.45, 2.75) is 12.8 Å². The average molecular weight is 364 g/mol. The normalized spacial score (nSPS) is 12.1. The second-order valence-electron chi connectivity index (χ2n) is 6.28. The molecule has 0 atom stereocenters. The summed E-state index contributed by atoms with van der Waals surface area (Å²) in [6, 6.07) is 13.8. The van der Waals surface area contributed by atoms with Gasteiger partial charge in [-0.1, -0.05) is 24.3 Å². The van der Waals surface area contributed by atoms with Crippen LogP contribution in [0.1, 0.15) is 11.3 Å². The summed E-state index contributed by atoms with van der Waals surface area (Å²) in [5.74, 6) is 1.21. The van der Waals surface area contributed by atoms with Crippen LogP contribution < -0.4 is 9.47 Å². The molecule has 0 N–H and O–H groups in total. The number of methoxy groups -OCH3 is 3. The van der Waals surface area contributed by atoms with Crippen molar-refractivity contribution in [3.05, 3.63) is 53.7 Å². The zero-order chi connectivity index (χ0) is 19.0. The molecule has 0 saturated heterocycles. The molecular formula is C21H20N2O4. The zero-order valence-corrected chi connectivity index (χ0v) is 15.5. The molecule has 4 rings (SSSR count). The third kappa shape index (κ3) is 2.73. The third-order valence-corrected chi connectivity index (χ3v) is 4.88. The number of benzene rings is 2. The van der Waals surface area contributed by atoms with Crippen molar-refractivity contribution in [1.82, 2.24) is 9.78 Å². The van der Waals surface area contributed by atoms with Crippen LogP contribution in [0.15, 0.2) is 42.5 Å². The van der Waals surface area contributed by atoms with Gasteiger partial charge in [0.15, 0.2) is 11.5 Å². The molecule has 1 aliphatic carbocycles. The van der Waals surface area contributed by atoms with Crippen molar-refractivity contribution in [3.8, 4) is 33.9 Å². The molecular weight excluding hydrogens is 344 g/mol. The van der Waals surface area contributed by atoms with Gasteiger partial charge in [-0.3, -0.25) is 0 Å². The number of rotatable bonds is 3. The Hall–Kier alpha value is -3.28. The number of aryl methyl sites for hydroxylation is 2. The van der Waals surface area contributed by atoms with Gasteiger partial charge in [0, 0.05) is 11.1 Å². The van der Waals surface area contributed by atoms with Crippen LogP contribution in [0.4, 0.5) is 4.79 Å². The number of ether oxygens (including phenoxy) is 3. The fraction of sp³-hybridized carbons (Fsp3) is 0.238. The maximum Gasteiger partial charge on any atom is 0.435 e. The molecule has 0 aliphatic heterocycles. The molecule has 2 aromatic carbocycles. The Labute approximate surface area is 157 Å². The van der Waals surface area contributed by atoms with Crippen LogP contribution >= 0.6 is 0 Å². The smallest absolute Gasteiger partial charge is 0.435 e. The molecule has 27 heavy (non-hydrogen) atoms. The number of carbonyl (C=O) groups excluding carboxylic acids is 1. The van der Waals surface area contributed by atoms with Crippen LogP contribution in [0.3, 0.4) is 0 Å². The van der Waals surface area contributed by atoms with Gasteiger partial charge in [0.2, 0.25) is 0 Å². The van der Waals surface area contributed by atoms with Gasteiger partial charge in [0.05, 0.1) is 32.7 Å². The first-order chi connectivity index (χ1) is 13.2. The summed E-state index contributed by atoms with van der Waals surface area (Å²) in [6.45, 7) is 0. The van der Waals surface area contributed by atoms with E-state index >= 15 is 0 Å². The number of aromatic nitrogens is 2. The van der Waals surface area contributed by atoms with Crippen LogP contribution in [0.25, 0.3) is 22.4 Å². The van der Waals surface area contributed by atoms with Gasteiger partial charge in [-0.25, -0.2) is 4.79 Å². The molecule has 3 aromatic rings. The minimum Gasteiger partial charge on any atom is -0.493 e. The summed E-state index contributed by atoms with van der Waals surface area (Å²) in [5, 5.41) is 4.56. The van der Waals surface area contributed by atoms with Crippen LogP contribution in [0, 0.1) is 0 Å². The van der Waals surface area contributed by atoms with Gasteiger partial charge in [0.1, 0.15) is 0 Å². The molecule has 1 heterocycles. The Balaban J connectivity index is 2.00. The summed E-state index contributed by atoms with van der Waals surface area (Å²) in [7, 11) is 4.54. The standard InChI is InChI=1S/C21H20N2O4/c1-25-17-11-9-14(12-18(17)26-2)20-19-15-7-5-4-6-13(15)8-10-16(19)22-23(20)21(24)27-3/h4-7,9,11-12H,8,10H2,1-3H3. The molecule has 0 spiro atoms. The van der Waals surface area contributed by atoms with Gasteiger partial charge in [-0.2, -0.15) is 9.78 Å². The van der Waals surface area contributed by atoms with Crippen LogP contribution in [-0.4, -0.2) is 37.2 Å². The Morgan fingerprint density at radius 3 is 2.52 bits per heavy atom. The van der Waals surface area contributed by atoms with E-state index in [1.165, 1.54) is 17.4 Å². The zero-order valence-electron chi connectivity index (χ0n) is 15.5. The summed E-state index contributed by atoms with van der Waals surface area (Å²) in [5.41, 5.74) is 5.71. The number of nitrogens with zero attached hydrogens (tertiary/aromatic N) is 2. The number of fused-ring (bicyclic) bond motifs is 3. The SMILES string of the molecule is COC(=O)n1nc2c(c1-c1ccc(OC)c(OC)c1)-c1ccccc1CC2. The highest BCUT2D eigenvalue weighted by Crippen LogP contribution is 2.42. The van der Waals surface area contributed by atoms with E-state index in [1.54, 1.807) is 14.2 Å². The monoisotopic (exact) mass is 364 g/mol. The molecule has 6 heteroatoms. The molecule has 0 radical (unpaired) electrons. The fourth-order valence-corrected chi connectivity index (χ4v) is 3.63. The first kappa shape index (κ1) is 17.1. The molecule has 0 bridgehead atoms. The van der Waals surface area contributed by atoms with E-state index in [-0.39, 0.29) is 0 Å². The molecule has 0 saturated carbocycles. The van der Waals surface area contributed by atoms with Crippen molar-refractivity contribution in [3.63, 3.8) is 0 Å². The Morgan fingerprint density at radius 2 is 1.78 bits per heavy atom. The predicted octanol–water partition coefficient (Wildman–Crippen LogP) is 3.95. The lowest BCUT2D eigenvalue weighted by molar-refractivity contribution is 0.169. The van der Waals surface area contributed by atoms with Gasteiger partial charge < -0.3 is 14.2 Å². The molecule has 138 valence electrons. The first-order valence-corrected chi connectivity index (χ1v) is 8.68. The van der Waals surface area contributed by atoms with E-state index in [0.29, 0.717) is 17.2 Å². The minimum atomic E-state index is -0.522. The van der Waals surface area contributed by atoms with Crippen molar-refractivity contribution in [1.29, 1.82) is 0 Å². The van der Waals surface area contributed by atoms with Crippen molar-refractivity contribution in [2.24, 2.45) is 0 Å². The number of carbonyl (C=O) groups is 1. The first-order valence-electron chi connectivity index (χ1n) is 8.68. The highest BCUT2D eigenvalue weighted by Gasteiger charge is 2.28. The maximum atomic E-state index is 12.4. The third-order valence-electron chi connectivity index (χ3n) is 4.88. The van der Waals surface area contributed by atoms with E-state index in [9.17, 15) is 4.79 Å². The summed E-state index contributed by atoms with van der Waals surface area (Å²) < 4.78 is 17.1. The lowest BCUT2D eigenvalue weighted by atomic mass is 9.87. The van der Waals surface area contributed by atoms with Crippen LogP contribution in [-0.2, 0) is 17.6 Å². The van der Waals surface area contributed by atoms with E-state index < -0.39 is 6.09 Å². The second-order valence-corrected chi connectivity index (χ2v) is 6.28. The van der Waals surface area contributed by atoms with Gasteiger partial charge in [-0.15, -0.1) is 0 Å². The highest BCUT2D eigenvalue weighted by molar-refractivity contribution is 5.91. The van der Waals surface area contributed by atoms with Gasteiger partial charge in [-0.05, 0) is 42.2 Å². The average Bonchev–Trinajstić information content (AvgIpc) is 3.12. The van der Waals surface area contributed by atoms with Crippen LogP contribution in [0.2, 0.25) is 0 Å². The fourth-order valence-electron chi connectivity index (χ4n) is 3.63. The lowest BCUT2D eigenvalue weighted by Crippen LogP contribution is -2.14. The lowest BCUT2D eigenvalue weighted by Gasteiger charge is -2.17. The van der Waals surface area contributed by atoms with E-state index in [1.807, 2.05) is 30.3 Å². The predicted molar refractivity (Wildman–Crippen MR) is 101 cm³/mol. The van der Waals surface area contributed by atoms with Gasteiger partial charge in [0.25, 0.3) is 0 Å². The largest absolute Gasteiger partial charge is 0.493 e.